The van der Waals surface area contributed by atoms with Crippen molar-refractivity contribution in [2.75, 3.05) is 11.4 Å². The Balaban J connectivity index is 1.68. The fourth-order valence-corrected chi connectivity index (χ4v) is 3.49. The summed E-state index contributed by atoms with van der Waals surface area (Å²) in [6.45, 7) is 2.55. The molecule has 2 amide bonds. The van der Waals surface area contributed by atoms with Gasteiger partial charge in [0.15, 0.2) is 0 Å². The first-order valence-corrected chi connectivity index (χ1v) is 9.47. The molecule has 0 unspecified atom stereocenters. The number of nitrogens with one attached hydrogen (secondary N) is 1. The Labute approximate surface area is 155 Å². The van der Waals surface area contributed by atoms with Crippen LogP contribution in [-0.2, 0) is 0 Å². The van der Waals surface area contributed by atoms with E-state index in [1.165, 1.54) is 19.3 Å². The Morgan fingerprint density at radius 1 is 0.923 bits per heavy atom. The molecule has 2 aromatic carbocycles. The lowest BCUT2D eigenvalue weighted by molar-refractivity contribution is 0.0925. The molecule has 0 saturated heterocycles. The largest absolute Gasteiger partial charge is 0.349 e. The summed E-state index contributed by atoms with van der Waals surface area (Å²) in [6.07, 6.45) is 5.75. The summed E-state index contributed by atoms with van der Waals surface area (Å²) in [5, 5.41) is 3.11. The summed E-state index contributed by atoms with van der Waals surface area (Å²) >= 11 is 0. The van der Waals surface area contributed by atoms with Gasteiger partial charge < -0.3 is 10.2 Å². The topological polar surface area (TPSA) is 49.4 Å². The van der Waals surface area contributed by atoms with Crippen molar-refractivity contribution in [3.05, 3.63) is 65.7 Å². The molecule has 26 heavy (non-hydrogen) atoms. The summed E-state index contributed by atoms with van der Waals surface area (Å²) < 4.78 is 0. The van der Waals surface area contributed by atoms with Gasteiger partial charge in [0.05, 0.1) is 0 Å². The van der Waals surface area contributed by atoms with E-state index in [1.54, 1.807) is 29.2 Å². The number of benzene rings is 2. The van der Waals surface area contributed by atoms with E-state index in [1.807, 2.05) is 37.3 Å². The van der Waals surface area contributed by atoms with Crippen LogP contribution >= 0.6 is 0 Å². The highest BCUT2D eigenvalue weighted by Gasteiger charge is 2.18. The maximum absolute atomic E-state index is 12.8. The van der Waals surface area contributed by atoms with E-state index < -0.39 is 0 Å². The third-order valence-corrected chi connectivity index (χ3v) is 4.96. The van der Waals surface area contributed by atoms with Crippen LogP contribution in [0.2, 0.25) is 0 Å². The average Bonchev–Trinajstić information content (AvgIpc) is 2.70. The number of hydrogen-bond donors (Lipinski definition) is 1. The first-order valence-electron chi connectivity index (χ1n) is 9.47. The van der Waals surface area contributed by atoms with Crippen LogP contribution in [0.4, 0.5) is 5.69 Å². The molecule has 0 radical (unpaired) electrons. The molecule has 0 heterocycles. The number of rotatable bonds is 5. The number of amides is 2. The number of para-hydroxylation sites is 1. The lowest BCUT2D eigenvalue weighted by atomic mass is 9.95. The van der Waals surface area contributed by atoms with E-state index in [2.05, 4.69) is 5.32 Å². The highest BCUT2D eigenvalue weighted by atomic mass is 16.2. The standard InChI is InChI=1S/C22H26N2O2/c1-2-24(20-11-7-4-8-12-20)22(26)18-15-13-17(14-16-18)21(25)23-19-9-5-3-6-10-19/h4,7-8,11-16,19H,2-3,5-6,9-10H2,1H3,(H,23,25). The molecule has 1 aliphatic carbocycles. The molecule has 0 atom stereocenters. The van der Waals surface area contributed by atoms with Gasteiger partial charge in [-0.1, -0.05) is 37.5 Å². The van der Waals surface area contributed by atoms with Crippen LogP contribution in [0.25, 0.3) is 0 Å². The van der Waals surface area contributed by atoms with Crippen molar-refractivity contribution in [1.29, 1.82) is 0 Å². The molecule has 0 aliphatic heterocycles. The van der Waals surface area contributed by atoms with Crippen LogP contribution in [0.5, 0.6) is 0 Å². The second-order valence-electron chi connectivity index (χ2n) is 6.77. The zero-order valence-electron chi connectivity index (χ0n) is 15.3. The van der Waals surface area contributed by atoms with Crippen molar-refractivity contribution in [2.45, 2.75) is 45.1 Å². The van der Waals surface area contributed by atoms with Crippen molar-refractivity contribution in [3.8, 4) is 0 Å². The Morgan fingerprint density at radius 2 is 1.54 bits per heavy atom. The third kappa shape index (κ3) is 4.31. The summed E-state index contributed by atoms with van der Waals surface area (Å²) in [4.78, 5) is 26.9. The molecule has 0 bridgehead atoms. The van der Waals surface area contributed by atoms with E-state index >= 15 is 0 Å². The van der Waals surface area contributed by atoms with E-state index in [4.69, 9.17) is 0 Å². The predicted octanol–water partition coefficient (Wildman–Crippen LogP) is 4.42. The molecule has 4 nitrogen and oxygen atoms in total. The van der Waals surface area contributed by atoms with E-state index in [9.17, 15) is 9.59 Å². The second-order valence-corrected chi connectivity index (χ2v) is 6.77. The highest BCUT2D eigenvalue weighted by molar-refractivity contribution is 6.06. The van der Waals surface area contributed by atoms with Crippen molar-refractivity contribution in [3.63, 3.8) is 0 Å². The van der Waals surface area contributed by atoms with Crippen molar-refractivity contribution in [1.82, 2.24) is 5.32 Å². The third-order valence-electron chi connectivity index (χ3n) is 4.96. The predicted molar refractivity (Wildman–Crippen MR) is 105 cm³/mol. The first kappa shape index (κ1) is 18.2. The minimum atomic E-state index is -0.0575. The van der Waals surface area contributed by atoms with E-state index in [0.29, 0.717) is 17.7 Å². The number of anilines is 1. The summed E-state index contributed by atoms with van der Waals surface area (Å²) in [5.74, 6) is -0.107. The summed E-state index contributed by atoms with van der Waals surface area (Å²) in [6, 6.07) is 16.9. The monoisotopic (exact) mass is 350 g/mol. The number of hydrogen-bond acceptors (Lipinski definition) is 2. The maximum atomic E-state index is 12.8. The van der Waals surface area contributed by atoms with Gasteiger partial charge in [0.25, 0.3) is 11.8 Å². The Hall–Kier alpha value is -2.62. The molecule has 1 N–H and O–H groups in total. The Kier molecular flexibility index (Phi) is 6.05. The average molecular weight is 350 g/mol. The van der Waals surface area contributed by atoms with Gasteiger partial charge in [-0.15, -0.1) is 0 Å². The van der Waals surface area contributed by atoms with Crippen LogP contribution < -0.4 is 10.2 Å². The zero-order valence-corrected chi connectivity index (χ0v) is 15.3. The van der Waals surface area contributed by atoms with E-state index in [0.717, 1.165) is 18.5 Å². The van der Waals surface area contributed by atoms with Crippen LogP contribution in [-0.4, -0.2) is 24.4 Å². The molecule has 3 rings (SSSR count). The molecule has 1 aliphatic rings. The summed E-state index contributed by atoms with van der Waals surface area (Å²) in [5.41, 5.74) is 2.07. The second kappa shape index (κ2) is 8.65. The SMILES string of the molecule is CCN(C(=O)c1ccc(C(=O)NC2CCCCC2)cc1)c1ccccc1. The van der Waals surface area contributed by atoms with Gasteiger partial charge in [-0.3, -0.25) is 9.59 Å². The normalized spacial score (nSPS) is 14.7. The smallest absolute Gasteiger partial charge is 0.258 e. The van der Waals surface area contributed by atoms with Gasteiger partial charge in [0, 0.05) is 29.4 Å². The van der Waals surface area contributed by atoms with Gasteiger partial charge in [0.1, 0.15) is 0 Å². The van der Waals surface area contributed by atoms with Crippen molar-refractivity contribution >= 4 is 17.5 Å². The molecular formula is C22H26N2O2. The molecule has 136 valence electrons. The zero-order chi connectivity index (χ0) is 18.4. The maximum Gasteiger partial charge on any atom is 0.258 e. The molecule has 2 aromatic rings. The lowest BCUT2D eigenvalue weighted by Gasteiger charge is -2.23. The fourth-order valence-electron chi connectivity index (χ4n) is 3.49. The number of carbonyl (C=O) groups is 2. The van der Waals surface area contributed by atoms with Crippen LogP contribution in [0.3, 0.4) is 0 Å². The molecule has 0 aromatic heterocycles. The number of carbonyl (C=O) groups excluding carboxylic acids is 2. The van der Waals surface area contributed by atoms with Gasteiger partial charge in [-0.2, -0.15) is 0 Å². The molecule has 1 fully saturated rings. The highest BCUT2D eigenvalue weighted by Crippen LogP contribution is 2.19. The minimum absolute atomic E-state index is 0.0497. The number of nitrogens with zero attached hydrogens (tertiary/aromatic N) is 1. The van der Waals surface area contributed by atoms with Crippen molar-refractivity contribution < 1.29 is 9.59 Å². The fraction of sp³-hybridized carbons (Fsp3) is 0.364. The Morgan fingerprint density at radius 3 is 2.15 bits per heavy atom. The van der Waals surface area contributed by atoms with Crippen LogP contribution in [0.15, 0.2) is 54.6 Å². The molecule has 1 saturated carbocycles. The lowest BCUT2D eigenvalue weighted by Crippen LogP contribution is -2.36. The minimum Gasteiger partial charge on any atom is -0.349 e. The first-order chi connectivity index (χ1) is 12.7. The van der Waals surface area contributed by atoms with Crippen LogP contribution in [0.1, 0.15) is 59.7 Å². The van der Waals surface area contributed by atoms with Gasteiger partial charge in [0.2, 0.25) is 0 Å². The summed E-state index contributed by atoms with van der Waals surface area (Å²) in [7, 11) is 0. The van der Waals surface area contributed by atoms with Gasteiger partial charge >= 0.3 is 0 Å². The molecular weight excluding hydrogens is 324 g/mol. The molecule has 4 heteroatoms. The van der Waals surface area contributed by atoms with E-state index in [-0.39, 0.29) is 17.9 Å². The van der Waals surface area contributed by atoms with Crippen molar-refractivity contribution in [2.24, 2.45) is 0 Å². The van der Waals surface area contributed by atoms with Gasteiger partial charge in [-0.05, 0) is 56.2 Å². The quantitative estimate of drug-likeness (QED) is 0.868. The van der Waals surface area contributed by atoms with Gasteiger partial charge in [-0.25, -0.2) is 0 Å². The van der Waals surface area contributed by atoms with Crippen LogP contribution in [0, 0.1) is 0 Å². The Bertz CT molecular complexity index is 734. The molecule has 0 spiro atoms.